The molecule has 0 radical (unpaired) electrons. The Bertz CT molecular complexity index is 374. The summed E-state index contributed by atoms with van der Waals surface area (Å²) in [5, 5.41) is 0. The summed E-state index contributed by atoms with van der Waals surface area (Å²) < 4.78 is 0. The summed E-state index contributed by atoms with van der Waals surface area (Å²) in [7, 11) is 0. The molecule has 18 heavy (non-hydrogen) atoms. The van der Waals surface area contributed by atoms with Crippen LogP contribution in [-0.2, 0) is 0 Å². The molecule has 1 aliphatic heterocycles. The van der Waals surface area contributed by atoms with Crippen molar-refractivity contribution in [2.75, 3.05) is 18.0 Å². The Morgan fingerprint density at radius 3 is 2.39 bits per heavy atom. The van der Waals surface area contributed by atoms with E-state index in [-0.39, 0.29) is 0 Å². The van der Waals surface area contributed by atoms with Crippen LogP contribution in [-0.4, -0.2) is 18.1 Å². The average molecular weight is 244 g/mol. The van der Waals surface area contributed by atoms with Gasteiger partial charge < -0.3 is 4.90 Å². The Balaban J connectivity index is 1.85. The van der Waals surface area contributed by atoms with Crippen LogP contribution in [0.5, 0.6) is 0 Å². The maximum Gasteiger partial charge on any atom is 0.0432 e. The Labute approximate surface area is 110 Å². The van der Waals surface area contributed by atoms with Gasteiger partial charge >= 0.3 is 0 Å². The number of rotatable bonds is 2. The minimum atomic E-state index is 0.761. The summed E-state index contributed by atoms with van der Waals surface area (Å²) in [4.78, 5) is 6.97. The van der Waals surface area contributed by atoms with Crippen LogP contribution in [0, 0.1) is 0 Å². The van der Waals surface area contributed by atoms with E-state index in [1.807, 2.05) is 6.20 Å². The van der Waals surface area contributed by atoms with Gasteiger partial charge in [-0.05, 0) is 43.2 Å². The van der Waals surface area contributed by atoms with E-state index in [4.69, 9.17) is 0 Å². The van der Waals surface area contributed by atoms with Crippen molar-refractivity contribution < 1.29 is 0 Å². The Morgan fingerprint density at radius 2 is 1.67 bits per heavy atom. The van der Waals surface area contributed by atoms with Gasteiger partial charge in [-0.2, -0.15) is 0 Å². The van der Waals surface area contributed by atoms with Crippen LogP contribution < -0.4 is 4.90 Å². The maximum atomic E-state index is 4.40. The zero-order valence-electron chi connectivity index (χ0n) is 11.3. The van der Waals surface area contributed by atoms with Crippen LogP contribution >= 0.6 is 0 Å². The number of aromatic nitrogens is 1. The number of hydrogen-bond acceptors (Lipinski definition) is 2. The first-order chi connectivity index (χ1) is 8.95. The molecule has 2 aliphatic rings. The van der Waals surface area contributed by atoms with Gasteiger partial charge in [-0.3, -0.25) is 4.98 Å². The van der Waals surface area contributed by atoms with Crippen LogP contribution in [0.2, 0.25) is 0 Å². The van der Waals surface area contributed by atoms with Gasteiger partial charge in [0.2, 0.25) is 0 Å². The van der Waals surface area contributed by atoms with Crippen molar-refractivity contribution in [3.05, 3.63) is 24.0 Å². The molecule has 0 N–H and O–H groups in total. The molecule has 1 aliphatic carbocycles. The molecule has 0 unspecified atom stereocenters. The second kappa shape index (κ2) is 5.73. The van der Waals surface area contributed by atoms with E-state index in [2.05, 4.69) is 22.1 Å². The second-order valence-corrected chi connectivity index (χ2v) is 5.82. The third-order valence-electron chi connectivity index (χ3n) is 4.57. The molecule has 1 aromatic rings. The van der Waals surface area contributed by atoms with Crippen molar-refractivity contribution in [1.29, 1.82) is 0 Å². The first-order valence-corrected chi connectivity index (χ1v) is 7.64. The smallest absolute Gasteiger partial charge is 0.0432 e. The third-order valence-corrected chi connectivity index (χ3v) is 4.57. The molecule has 1 aromatic heterocycles. The zero-order valence-corrected chi connectivity index (χ0v) is 11.3. The molecule has 3 rings (SSSR count). The van der Waals surface area contributed by atoms with E-state index in [9.17, 15) is 0 Å². The molecular formula is C16H24N2. The molecule has 98 valence electrons. The molecule has 2 heterocycles. The van der Waals surface area contributed by atoms with E-state index in [1.165, 1.54) is 75.7 Å². The van der Waals surface area contributed by atoms with Crippen molar-refractivity contribution in [2.45, 2.75) is 57.3 Å². The minimum Gasteiger partial charge on any atom is -0.371 e. The Hall–Kier alpha value is -1.05. The topological polar surface area (TPSA) is 16.1 Å². The Kier molecular flexibility index (Phi) is 3.82. The van der Waals surface area contributed by atoms with Gasteiger partial charge in [0, 0.05) is 31.2 Å². The number of anilines is 1. The van der Waals surface area contributed by atoms with E-state index >= 15 is 0 Å². The summed E-state index contributed by atoms with van der Waals surface area (Å²) in [6, 6.07) is 2.24. The van der Waals surface area contributed by atoms with Crippen molar-refractivity contribution in [3.8, 4) is 0 Å². The highest BCUT2D eigenvalue weighted by molar-refractivity contribution is 5.54. The standard InChI is InChI=1S/C16H24N2/c1-2-4-8-14(7-3-1)15-13-17-10-9-16(15)18-11-5-6-12-18/h9-10,13-14H,1-8,11-12H2. The molecule has 1 saturated carbocycles. The summed E-state index contributed by atoms with van der Waals surface area (Å²) in [6.07, 6.45) is 15.2. The quantitative estimate of drug-likeness (QED) is 0.727. The lowest BCUT2D eigenvalue weighted by molar-refractivity contribution is 0.589. The van der Waals surface area contributed by atoms with Gasteiger partial charge in [0.05, 0.1) is 0 Å². The zero-order chi connectivity index (χ0) is 12.2. The lowest BCUT2D eigenvalue weighted by Gasteiger charge is -2.25. The number of hydrogen-bond donors (Lipinski definition) is 0. The van der Waals surface area contributed by atoms with Crippen LogP contribution in [0.3, 0.4) is 0 Å². The van der Waals surface area contributed by atoms with E-state index in [0.717, 1.165) is 5.92 Å². The third kappa shape index (κ3) is 2.52. The summed E-state index contributed by atoms with van der Waals surface area (Å²) in [5.41, 5.74) is 3.01. The summed E-state index contributed by atoms with van der Waals surface area (Å²) >= 11 is 0. The molecule has 2 nitrogen and oxygen atoms in total. The number of pyridine rings is 1. The summed E-state index contributed by atoms with van der Waals surface area (Å²) in [6.45, 7) is 2.48. The maximum absolute atomic E-state index is 4.40. The van der Waals surface area contributed by atoms with Crippen molar-refractivity contribution >= 4 is 5.69 Å². The van der Waals surface area contributed by atoms with Crippen LogP contribution in [0.25, 0.3) is 0 Å². The molecule has 0 atom stereocenters. The van der Waals surface area contributed by atoms with E-state index in [1.54, 1.807) is 0 Å². The van der Waals surface area contributed by atoms with Gasteiger partial charge in [-0.15, -0.1) is 0 Å². The predicted octanol–water partition coefficient (Wildman–Crippen LogP) is 4.12. The lowest BCUT2D eigenvalue weighted by atomic mass is 9.91. The second-order valence-electron chi connectivity index (χ2n) is 5.82. The van der Waals surface area contributed by atoms with Crippen LogP contribution in [0.4, 0.5) is 5.69 Å². The first-order valence-electron chi connectivity index (χ1n) is 7.64. The lowest BCUT2D eigenvalue weighted by Crippen LogP contribution is -2.20. The van der Waals surface area contributed by atoms with Gasteiger partial charge in [0.1, 0.15) is 0 Å². The van der Waals surface area contributed by atoms with Crippen LogP contribution in [0.15, 0.2) is 18.5 Å². The van der Waals surface area contributed by atoms with Crippen LogP contribution in [0.1, 0.15) is 62.8 Å². The fourth-order valence-electron chi connectivity index (χ4n) is 3.55. The molecule has 2 heteroatoms. The van der Waals surface area contributed by atoms with E-state index in [0.29, 0.717) is 0 Å². The molecular weight excluding hydrogens is 220 g/mol. The normalized spacial score (nSPS) is 22.1. The number of nitrogens with zero attached hydrogens (tertiary/aromatic N) is 2. The highest BCUT2D eigenvalue weighted by Crippen LogP contribution is 2.37. The molecule has 1 saturated heterocycles. The monoisotopic (exact) mass is 244 g/mol. The fourth-order valence-corrected chi connectivity index (χ4v) is 3.55. The summed E-state index contributed by atoms with van der Waals surface area (Å²) in [5.74, 6) is 0.761. The van der Waals surface area contributed by atoms with Gasteiger partial charge in [0.25, 0.3) is 0 Å². The molecule has 0 spiro atoms. The largest absolute Gasteiger partial charge is 0.371 e. The van der Waals surface area contributed by atoms with Gasteiger partial charge in [-0.25, -0.2) is 0 Å². The average Bonchev–Trinajstić information content (AvgIpc) is 2.81. The minimum absolute atomic E-state index is 0.761. The highest BCUT2D eigenvalue weighted by atomic mass is 15.1. The molecule has 2 fully saturated rings. The fraction of sp³-hybridized carbons (Fsp3) is 0.688. The van der Waals surface area contributed by atoms with Crippen molar-refractivity contribution in [1.82, 2.24) is 4.98 Å². The molecule has 0 bridgehead atoms. The Morgan fingerprint density at radius 1 is 0.944 bits per heavy atom. The van der Waals surface area contributed by atoms with E-state index < -0.39 is 0 Å². The molecule has 0 aromatic carbocycles. The predicted molar refractivity (Wildman–Crippen MR) is 76.1 cm³/mol. The SMILES string of the molecule is c1cc(N2CCCC2)c(C2CCCCCC2)cn1. The highest BCUT2D eigenvalue weighted by Gasteiger charge is 2.21. The molecule has 0 amide bonds. The first kappa shape index (κ1) is 12.0. The van der Waals surface area contributed by atoms with Gasteiger partial charge in [-0.1, -0.05) is 25.7 Å². The van der Waals surface area contributed by atoms with Crippen molar-refractivity contribution in [2.24, 2.45) is 0 Å². The van der Waals surface area contributed by atoms with Gasteiger partial charge in [0.15, 0.2) is 0 Å². The van der Waals surface area contributed by atoms with Crippen molar-refractivity contribution in [3.63, 3.8) is 0 Å².